The monoisotopic (exact) mass is 664 g/mol. The van der Waals surface area contributed by atoms with Gasteiger partial charge in [0.1, 0.15) is 60.7 Å². The average molecular weight is 665 g/mol. The Morgan fingerprint density at radius 3 is 1.46 bits per heavy atom. The van der Waals surface area contributed by atoms with Gasteiger partial charge in [-0.3, -0.25) is 0 Å². The molecule has 50 heavy (non-hydrogen) atoms. The standard InChI is InChI=1S/C36H28N10O4/c1-2-6-30-29(5-1)37-35(38-30)33-15-13-27(49-33)19-45-17-23(41-43-45)21-47-25-9-11-26(12-10-25)48-22-24-18-46(44-42-24)20-28-14-16-34(50-28)36-39-31-7-3-4-8-32(31)40-36/h1-18H,19-22H2,(H,37,38)(H,39,40). The lowest BCUT2D eigenvalue weighted by atomic mass is 10.3. The van der Waals surface area contributed by atoms with Crippen molar-refractivity contribution < 1.29 is 18.3 Å². The van der Waals surface area contributed by atoms with Gasteiger partial charge in [0.25, 0.3) is 0 Å². The molecule has 3 aromatic carbocycles. The highest BCUT2D eigenvalue weighted by molar-refractivity contribution is 5.79. The zero-order valence-corrected chi connectivity index (χ0v) is 26.4. The fraction of sp³-hybridized carbons (Fsp3) is 0.111. The highest BCUT2D eigenvalue weighted by Crippen LogP contribution is 2.25. The van der Waals surface area contributed by atoms with E-state index in [1.807, 2.05) is 109 Å². The summed E-state index contributed by atoms with van der Waals surface area (Å²) < 4.78 is 27.3. The molecule has 0 amide bonds. The molecule has 2 N–H and O–H groups in total. The number of aromatic amines is 2. The zero-order chi connectivity index (χ0) is 33.3. The number of furan rings is 2. The van der Waals surface area contributed by atoms with Crippen LogP contribution in [-0.4, -0.2) is 49.9 Å². The number of fused-ring (bicyclic) bond motifs is 2. The molecular formula is C36H28N10O4. The van der Waals surface area contributed by atoms with E-state index in [1.54, 1.807) is 9.36 Å². The Morgan fingerprint density at radius 1 is 0.540 bits per heavy atom. The van der Waals surface area contributed by atoms with Crippen LogP contribution in [0.25, 0.3) is 45.2 Å². The van der Waals surface area contributed by atoms with Crippen molar-refractivity contribution in [3.05, 3.63) is 132 Å². The number of nitrogens with zero attached hydrogens (tertiary/aromatic N) is 8. The van der Waals surface area contributed by atoms with Crippen LogP contribution < -0.4 is 9.47 Å². The van der Waals surface area contributed by atoms with Crippen LogP contribution in [-0.2, 0) is 26.3 Å². The summed E-state index contributed by atoms with van der Waals surface area (Å²) >= 11 is 0. The number of para-hydroxylation sites is 4. The summed E-state index contributed by atoms with van der Waals surface area (Å²) in [5.74, 6) is 5.54. The first-order chi connectivity index (χ1) is 24.7. The van der Waals surface area contributed by atoms with Gasteiger partial charge in [-0.2, -0.15) is 0 Å². The Bertz CT molecular complexity index is 2290. The molecule has 0 aliphatic rings. The van der Waals surface area contributed by atoms with Gasteiger partial charge >= 0.3 is 0 Å². The van der Waals surface area contributed by atoms with Crippen LogP contribution in [0.4, 0.5) is 0 Å². The first-order valence-corrected chi connectivity index (χ1v) is 15.9. The number of nitrogens with one attached hydrogen (secondary N) is 2. The van der Waals surface area contributed by atoms with Crippen LogP contribution in [0.5, 0.6) is 11.5 Å². The third-order valence-corrected chi connectivity index (χ3v) is 7.97. The predicted octanol–water partition coefficient (Wildman–Crippen LogP) is 6.40. The molecule has 246 valence electrons. The molecule has 6 aromatic heterocycles. The number of rotatable bonds is 12. The maximum absolute atomic E-state index is 6.01. The Kier molecular flexibility index (Phi) is 7.34. The maximum Gasteiger partial charge on any atom is 0.174 e. The summed E-state index contributed by atoms with van der Waals surface area (Å²) in [4.78, 5) is 15.8. The van der Waals surface area contributed by atoms with Crippen molar-refractivity contribution in [3.63, 3.8) is 0 Å². The van der Waals surface area contributed by atoms with Crippen molar-refractivity contribution in [2.45, 2.75) is 26.3 Å². The second-order valence-electron chi connectivity index (χ2n) is 11.6. The number of H-pyrrole nitrogens is 2. The minimum atomic E-state index is 0.265. The maximum atomic E-state index is 6.01. The van der Waals surface area contributed by atoms with Crippen molar-refractivity contribution in [1.29, 1.82) is 0 Å². The summed E-state index contributed by atoms with van der Waals surface area (Å²) in [6.07, 6.45) is 3.67. The van der Waals surface area contributed by atoms with Gasteiger partial charge in [-0.05, 0) is 72.8 Å². The Morgan fingerprint density at radius 2 is 1.00 bits per heavy atom. The summed E-state index contributed by atoms with van der Waals surface area (Å²) in [5.41, 5.74) is 5.09. The highest BCUT2D eigenvalue weighted by atomic mass is 16.5. The summed E-state index contributed by atoms with van der Waals surface area (Å²) in [6.45, 7) is 1.39. The summed E-state index contributed by atoms with van der Waals surface area (Å²) in [7, 11) is 0. The molecule has 9 aromatic rings. The fourth-order valence-electron chi connectivity index (χ4n) is 5.55. The first-order valence-electron chi connectivity index (χ1n) is 15.9. The van der Waals surface area contributed by atoms with Gasteiger partial charge in [0, 0.05) is 0 Å². The van der Waals surface area contributed by atoms with Crippen LogP contribution in [0, 0.1) is 0 Å². The van der Waals surface area contributed by atoms with E-state index in [9.17, 15) is 0 Å². The molecular weight excluding hydrogens is 636 g/mol. The predicted molar refractivity (Wildman–Crippen MR) is 181 cm³/mol. The molecule has 0 unspecified atom stereocenters. The lowest BCUT2D eigenvalue weighted by molar-refractivity contribution is 0.292. The van der Waals surface area contributed by atoms with E-state index in [1.165, 1.54) is 0 Å². The molecule has 14 heteroatoms. The Balaban J connectivity index is 0.743. The van der Waals surface area contributed by atoms with Gasteiger partial charge in [-0.1, -0.05) is 34.7 Å². The van der Waals surface area contributed by atoms with Gasteiger partial charge in [-0.25, -0.2) is 19.3 Å². The van der Waals surface area contributed by atoms with Crippen LogP contribution in [0.2, 0.25) is 0 Å². The SMILES string of the molecule is c1ccc2[nH]c(-c3ccc(Cn4cc(COc5ccc(OCc6cn(Cc7ccc(-c8nc9ccccc9[nH]8)o7)nn6)cc5)nn4)o3)nc2c1. The highest BCUT2D eigenvalue weighted by Gasteiger charge is 2.13. The first kappa shape index (κ1) is 29.2. The van der Waals surface area contributed by atoms with E-state index in [0.717, 1.165) is 33.6 Å². The number of aromatic nitrogens is 10. The lowest BCUT2D eigenvalue weighted by Gasteiger charge is -2.06. The number of imidazole rings is 2. The normalized spacial score (nSPS) is 11.5. The third-order valence-electron chi connectivity index (χ3n) is 7.97. The van der Waals surface area contributed by atoms with Crippen LogP contribution >= 0.6 is 0 Å². The molecule has 9 rings (SSSR count). The Labute approximate surface area is 283 Å². The second-order valence-corrected chi connectivity index (χ2v) is 11.6. The van der Waals surface area contributed by atoms with Crippen molar-refractivity contribution in [2.24, 2.45) is 0 Å². The molecule has 0 saturated heterocycles. The molecule has 14 nitrogen and oxygen atoms in total. The van der Waals surface area contributed by atoms with Crippen molar-refractivity contribution in [2.75, 3.05) is 0 Å². The van der Waals surface area contributed by atoms with Crippen molar-refractivity contribution in [3.8, 4) is 34.7 Å². The topological polar surface area (TPSA) is 164 Å². The lowest BCUT2D eigenvalue weighted by Crippen LogP contribution is -1.99. The van der Waals surface area contributed by atoms with E-state index in [4.69, 9.17) is 18.3 Å². The van der Waals surface area contributed by atoms with Gasteiger partial charge in [0.2, 0.25) is 0 Å². The van der Waals surface area contributed by atoms with E-state index in [-0.39, 0.29) is 13.2 Å². The average Bonchev–Trinajstić information content (AvgIpc) is 3.99. The van der Waals surface area contributed by atoms with E-state index in [0.29, 0.717) is 59.1 Å². The number of ether oxygens (including phenoxy) is 2. The molecule has 0 atom stereocenters. The number of hydrogen-bond acceptors (Lipinski definition) is 10. The van der Waals surface area contributed by atoms with Crippen LogP contribution in [0.3, 0.4) is 0 Å². The Hall–Kier alpha value is -6.96. The molecule has 0 spiro atoms. The van der Waals surface area contributed by atoms with Gasteiger partial charge in [0.05, 0.1) is 34.5 Å². The smallest absolute Gasteiger partial charge is 0.174 e. The van der Waals surface area contributed by atoms with Gasteiger partial charge < -0.3 is 28.3 Å². The van der Waals surface area contributed by atoms with E-state index < -0.39 is 0 Å². The second kappa shape index (κ2) is 12.6. The zero-order valence-electron chi connectivity index (χ0n) is 26.4. The van der Waals surface area contributed by atoms with Crippen LogP contribution in [0.15, 0.2) is 118 Å². The van der Waals surface area contributed by atoms with Crippen molar-refractivity contribution >= 4 is 22.1 Å². The summed E-state index contributed by atoms with van der Waals surface area (Å²) in [5, 5.41) is 16.9. The summed E-state index contributed by atoms with van der Waals surface area (Å²) in [6, 6.07) is 30.7. The molecule has 0 aliphatic carbocycles. The molecule has 0 aliphatic heterocycles. The molecule has 0 saturated carbocycles. The van der Waals surface area contributed by atoms with E-state index >= 15 is 0 Å². The number of hydrogen-bond donors (Lipinski definition) is 2. The molecule has 0 bridgehead atoms. The van der Waals surface area contributed by atoms with E-state index in [2.05, 4.69) is 40.6 Å². The number of benzene rings is 3. The minimum absolute atomic E-state index is 0.265. The molecule has 0 fully saturated rings. The fourth-order valence-corrected chi connectivity index (χ4v) is 5.55. The largest absolute Gasteiger partial charge is 0.487 e. The van der Waals surface area contributed by atoms with Crippen LogP contribution in [0.1, 0.15) is 22.9 Å². The molecule has 6 heterocycles. The molecule has 0 radical (unpaired) electrons. The quantitative estimate of drug-likeness (QED) is 0.149. The minimum Gasteiger partial charge on any atom is -0.487 e. The van der Waals surface area contributed by atoms with Gasteiger partial charge in [-0.15, -0.1) is 10.2 Å². The van der Waals surface area contributed by atoms with Crippen molar-refractivity contribution in [1.82, 2.24) is 49.9 Å². The van der Waals surface area contributed by atoms with Gasteiger partial charge in [0.15, 0.2) is 23.2 Å². The third kappa shape index (κ3) is 6.20.